The summed E-state index contributed by atoms with van der Waals surface area (Å²) in [4.78, 5) is 12.4. The van der Waals surface area contributed by atoms with Gasteiger partial charge in [0.05, 0.1) is 5.02 Å². The number of hydrogen-bond acceptors (Lipinski definition) is 1. The molecule has 0 aliphatic carbocycles. The van der Waals surface area contributed by atoms with Gasteiger partial charge in [-0.25, -0.2) is 0 Å². The summed E-state index contributed by atoms with van der Waals surface area (Å²) in [6.45, 7) is 1.93. The highest BCUT2D eigenvalue weighted by Crippen LogP contribution is 2.27. The molecular formula is C14H9BrCl2O. The third-order valence-corrected chi connectivity index (χ3v) is 3.78. The molecule has 0 spiro atoms. The maximum absolute atomic E-state index is 12.4. The molecule has 0 aliphatic heterocycles. The summed E-state index contributed by atoms with van der Waals surface area (Å²) >= 11 is 15.3. The lowest BCUT2D eigenvalue weighted by molar-refractivity contribution is 0.103. The highest BCUT2D eigenvalue weighted by Gasteiger charge is 2.16. The van der Waals surface area contributed by atoms with Crippen molar-refractivity contribution in [3.63, 3.8) is 0 Å². The van der Waals surface area contributed by atoms with E-state index in [1.807, 2.05) is 13.0 Å². The van der Waals surface area contributed by atoms with Crippen LogP contribution in [0.3, 0.4) is 0 Å². The summed E-state index contributed by atoms with van der Waals surface area (Å²) in [5.74, 6) is -0.144. The van der Waals surface area contributed by atoms with Crippen LogP contribution in [0.25, 0.3) is 0 Å². The molecule has 92 valence electrons. The van der Waals surface area contributed by atoms with E-state index in [0.29, 0.717) is 25.6 Å². The largest absolute Gasteiger partial charge is 0.289 e. The second-order valence-corrected chi connectivity index (χ2v) is 5.63. The average Bonchev–Trinajstić information content (AvgIpc) is 2.31. The lowest BCUT2D eigenvalue weighted by Gasteiger charge is -2.07. The maximum atomic E-state index is 12.4. The zero-order valence-corrected chi connectivity index (χ0v) is 12.6. The second kappa shape index (κ2) is 5.43. The Balaban J connectivity index is 2.51. The van der Waals surface area contributed by atoms with E-state index >= 15 is 0 Å². The molecule has 0 heterocycles. The Hall–Kier alpha value is -0.830. The quantitative estimate of drug-likeness (QED) is 0.676. The first-order valence-corrected chi connectivity index (χ1v) is 6.80. The van der Waals surface area contributed by atoms with Crippen LogP contribution in [0.1, 0.15) is 21.5 Å². The molecule has 0 atom stereocenters. The van der Waals surface area contributed by atoms with Crippen LogP contribution in [-0.2, 0) is 0 Å². The zero-order valence-electron chi connectivity index (χ0n) is 9.51. The number of benzene rings is 2. The Morgan fingerprint density at radius 1 is 1.06 bits per heavy atom. The Bertz CT molecular complexity index is 623. The van der Waals surface area contributed by atoms with Crippen LogP contribution >= 0.6 is 39.1 Å². The minimum atomic E-state index is -0.144. The molecule has 4 heteroatoms. The number of aryl methyl sites for hydroxylation is 1. The molecule has 0 unspecified atom stereocenters. The van der Waals surface area contributed by atoms with E-state index in [9.17, 15) is 4.79 Å². The van der Waals surface area contributed by atoms with Crippen molar-refractivity contribution in [2.24, 2.45) is 0 Å². The SMILES string of the molecule is Cc1ccc(C(=O)c2cc(Cl)ccc2Br)c(Cl)c1. The summed E-state index contributed by atoms with van der Waals surface area (Å²) in [7, 11) is 0. The Morgan fingerprint density at radius 3 is 2.44 bits per heavy atom. The summed E-state index contributed by atoms with van der Waals surface area (Å²) in [6, 6.07) is 10.5. The first kappa shape index (κ1) is 13.6. The van der Waals surface area contributed by atoms with Crippen LogP contribution < -0.4 is 0 Å². The van der Waals surface area contributed by atoms with Crippen LogP contribution in [-0.4, -0.2) is 5.78 Å². The molecule has 0 aromatic heterocycles. The molecular weight excluding hydrogens is 335 g/mol. The smallest absolute Gasteiger partial charge is 0.195 e. The summed E-state index contributed by atoms with van der Waals surface area (Å²) in [5.41, 5.74) is 2.00. The van der Waals surface area contributed by atoms with Gasteiger partial charge in [0, 0.05) is 20.6 Å². The van der Waals surface area contributed by atoms with Crippen molar-refractivity contribution in [1.82, 2.24) is 0 Å². The van der Waals surface area contributed by atoms with Gasteiger partial charge < -0.3 is 0 Å². The normalized spacial score (nSPS) is 10.4. The van der Waals surface area contributed by atoms with E-state index < -0.39 is 0 Å². The molecule has 0 aliphatic rings. The first-order chi connectivity index (χ1) is 8.49. The lowest BCUT2D eigenvalue weighted by atomic mass is 10.0. The fourth-order valence-corrected chi connectivity index (χ4v) is 2.54. The average molecular weight is 344 g/mol. The van der Waals surface area contributed by atoms with Crippen molar-refractivity contribution >= 4 is 44.9 Å². The van der Waals surface area contributed by atoms with E-state index in [-0.39, 0.29) is 5.78 Å². The van der Waals surface area contributed by atoms with Gasteiger partial charge in [-0.05, 0) is 42.8 Å². The van der Waals surface area contributed by atoms with Crippen LogP contribution in [0.4, 0.5) is 0 Å². The molecule has 0 amide bonds. The molecule has 18 heavy (non-hydrogen) atoms. The highest BCUT2D eigenvalue weighted by atomic mass is 79.9. The van der Waals surface area contributed by atoms with E-state index in [1.165, 1.54) is 0 Å². The number of hydrogen-bond donors (Lipinski definition) is 0. The molecule has 0 saturated carbocycles. The van der Waals surface area contributed by atoms with Crippen molar-refractivity contribution in [3.8, 4) is 0 Å². The van der Waals surface area contributed by atoms with E-state index in [0.717, 1.165) is 5.56 Å². The van der Waals surface area contributed by atoms with Gasteiger partial charge in [-0.3, -0.25) is 4.79 Å². The Labute approximate surface area is 124 Å². The van der Waals surface area contributed by atoms with Crippen LogP contribution in [0.15, 0.2) is 40.9 Å². The van der Waals surface area contributed by atoms with Crippen molar-refractivity contribution < 1.29 is 4.79 Å². The molecule has 0 saturated heterocycles. The minimum Gasteiger partial charge on any atom is -0.289 e. The molecule has 2 aromatic rings. The predicted octanol–water partition coefficient (Wildman–Crippen LogP) is 5.30. The number of carbonyl (C=O) groups excluding carboxylic acids is 1. The zero-order chi connectivity index (χ0) is 13.3. The standard InChI is InChI=1S/C14H9BrCl2O/c1-8-2-4-10(13(17)6-8)14(18)11-7-9(16)3-5-12(11)15/h2-7H,1H3. The summed E-state index contributed by atoms with van der Waals surface area (Å²) < 4.78 is 0.702. The molecule has 0 bridgehead atoms. The molecule has 1 nitrogen and oxygen atoms in total. The van der Waals surface area contributed by atoms with E-state index in [2.05, 4.69) is 15.9 Å². The lowest BCUT2D eigenvalue weighted by Crippen LogP contribution is -2.03. The fraction of sp³-hybridized carbons (Fsp3) is 0.0714. The van der Waals surface area contributed by atoms with Gasteiger partial charge in [0.25, 0.3) is 0 Å². The van der Waals surface area contributed by atoms with Crippen molar-refractivity contribution in [2.75, 3.05) is 0 Å². The molecule has 2 rings (SSSR count). The number of halogens is 3. The second-order valence-electron chi connectivity index (χ2n) is 3.94. The minimum absolute atomic E-state index is 0.144. The molecule has 0 radical (unpaired) electrons. The number of ketones is 1. The predicted molar refractivity (Wildman–Crippen MR) is 78.8 cm³/mol. The van der Waals surface area contributed by atoms with Crippen molar-refractivity contribution in [2.45, 2.75) is 6.92 Å². The first-order valence-electron chi connectivity index (χ1n) is 5.25. The Kier molecular flexibility index (Phi) is 4.10. The monoisotopic (exact) mass is 342 g/mol. The van der Waals surface area contributed by atoms with Gasteiger partial charge in [0.2, 0.25) is 0 Å². The third kappa shape index (κ3) is 2.77. The van der Waals surface area contributed by atoms with Crippen LogP contribution in [0.5, 0.6) is 0 Å². The van der Waals surface area contributed by atoms with Gasteiger partial charge in [-0.15, -0.1) is 0 Å². The van der Waals surface area contributed by atoms with E-state index in [4.69, 9.17) is 23.2 Å². The summed E-state index contributed by atoms with van der Waals surface area (Å²) in [5, 5.41) is 0.969. The topological polar surface area (TPSA) is 17.1 Å². The maximum Gasteiger partial charge on any atom is 0.195 e. The Morgan fingerprint density at radius 2 is 1.78 bits per heavy atom. The van der Waals surface area contributed by atoms with Gasteiger partial charge in [-0.2, -0.15) is 0 Å². The number of rotatable bonds is 2. The molecule has 0 N–H and O–H groups in total. The van der Waals surface area contributed by atoms with Crippen molar-refractivity contribution in [3.05, 3.63) is 67.6 Å². The van der Waals surface area contributed by atoms with Crippen LogP contribution in [0, 0.1) is 6.92 Å². The third-order valence-electron chi connectivity index (χ3n) is 2.54. The van der Waals surface area contributed by atoms with Crippen LogP contribution in [0.2, 0.25) is 10.0 Å². The number of carbonyl (C=O) groups is 1. The summed E-state index contributed by atoms with van der Waals surface area (Å²) in [6.07, 6.45) is 0. The van der Waals surface area contributed by atoms with Gasteiger partial charge in [0.1, 0.15) is 0 Å². The van der Waals surface area contributed by atoms with Gasteiger partial charge in [-0.1, -0.05) is 45.2 Å². The van der Waals surface area contributed by atoms with Crippen molar-refractivity contribution in [1.29, 1.82) is 0 Å². The van der Waals surface area contributed by atoms with Gasteiger partial charge >= 0.3 is 0 Å². The van der Waals surface area contributed by atoms with Gasteiger partial charge in [0.15, 0.2) is 5.78 Å². The fourth-order valence-electron chi connectivity index (χ4n) is 1.62. The highest BCUT2D eigenvalue weighted by molar-refractivity contribution is 9.10. The molecule has 2 aromatic carbocycles. The van der Waals surface area contributed by atoms with E-state index in [1.54, 1.807) is 30.3 Å². The molecule has 0 fully saturated rings.